The number of rotatable bonds is 4. The summed E-state index contributed by atoms with van der Waals surface area (Å²) >= 11 is 0. The van der Waals surface area contributed by atoms with Crippen LogP contribution in [0.5, 0.6) is 0 Å². The Bertz CT molecular complexity index is 355. The summed E-state index contributed by atoms with van der Waals surface area (Å²) in [5.41, 5.74) is 1.20. The molecule has 1 aromatic rings. The van der Waals surface area contributed by atoms with Gasteiger partial charge >= 0.3 is 0 Å². The van der Waals surface area contributed by atoms with Crippen molar-refractivity contribution in [1.29, 1.82) is 0 Å². The van der Waals surface area contributed by atoms with E-state index in [1.807, 2.05) is 6.20 Å². The average molecular weight is 222 g/mol. The zero-order chi connectivity index (χ0) is 11.4. The number of imidazole rings is 1. The fraction of sp³-hybridized carbons (Fsp3) is 0.636. The second-order valence-electron chi connectivity index (χ2n) is 4.08. The molecule has 0 spiro atoms. The molecule has 0 bridgehead atoms. The highest BCUT2D eigenvalue weighted by Crippen LogP contribution is 2.22. The van der Waals surface area contributed by atoms with Crippen molar-refractivity contribution in [2.24, 2.45) is 0 Å². The molecule has 1 unspecified atom stereocenters. The van der Waals surface area contributed by atoms with Gasteiger partial charge in [0, 0.05) is 32.3 Å². The quantitative estimate of drug-likeness (QED) is 0.777. The number of aromatic nitrogens is 2. The molecule has 0 aromatic carbocycles. The molecule has 1 amide bonds. The van der Waals surface area contributed by atoms with Crippen LogP contribution in [0.2, 0.25) is 0 Å². The van der Waals surface area contributed by atoms with Gasteiger partial charge in [0.1, 0.15) is 0 Å². The zero-order valence-electron chi connectivity index (χ0n) is 9.57. The van der Waals surface area contributed by atoms with Crippen molar-refractivity contribution in [2.75, 3.05) is 13.6 Å². The molecule has 1 aliphatic rings. The van der Waals surface area contributed by atoms with Crippen LogP contribution in [0.4, 0.5) is 0 Å². The first-order valence-corrected chi connectivity index (χ1v) is 5.75. The number of nitrogens with zero attached hydrogens (tertiary/aromatic N) is 2. The highest BCUT2D eigenvalue weighted by Gasteiger charge is 2.19. The number of hydrogen-bond donors (Lipinski definition) is 2. The van der Waals surface area contributed by atoms with Crippen LogP contribution < -0.4 is 10.6 Å². The number of aryl methyl sites for hydroxylation is 1. The Kier molecular flexibility index (Phi) is 3.56. The van der Waals surface area contributed by atoms with Crippen LogP contribution in [0.15, 0.2) is 12.5 Å². The van der Waals surface area contributed by atoms with Crippen LogP contribution in [0.3, 0.4) is 0 Å². The Balaban J connectivity index is 1.98. The maximum absolute atomic E-state index is 11.2. The smallest absolute Gasteiger partial charge is 0.221 e. The fourth-order valence-corrected chi connectivity index (χ4v) is 2.09. The molecule has 1 aromatic heterocycles. The molecule has 1 saturated heterocycles. The minimum atomic E-state index is 0.0685. The predicted octanol–water partition coefficient (Wildman–Crippen LogP) is 0.444. The van der Waals surface area contributed by atoms with E-state index in [4.69, 9.17) is 0 Å². The van der Waals surface area contributed by atoms with E-state index in [2.05, 4.69) is 20.2 Å². The lowest BCUT2D eigenvalue weighted by atomic mass is 10.2. The molecule has 88 valence electrons. The van der Waals surface area contributed by atoms with E-state index < -0.39 is 0 Å². The Labute approximate surface area is 95.2 Å². The Hall–Kier alpha value is -1.36. The predicted molar refractivity (Wildman–Crippen MR) is 60.9 cm³/mol. The third kappa shape index (κ3) is 2.41. The van der Waals surface area contributed by atoms with Crippen LogP contribution in [0.25, 0.3) is 0 Å². The van der Waals surface area contributed by atoms with E-state index in [1.54, 1.807) is 13.4 Å². The third-order valence-electron chi connectivity index (χ3n) is 3.02. The van der Waals surface area contributed by atoms with Gasteiger partial charge in [-0.1, -0.05) is 0 Å². The van der Waals surface area contributed by atoms with Gasteiger partial charge in [0.25, 0.3) is 0 Å². The van der Waals surface area contributed by atoms with Crippen molar-refractivity contribution in [3.05, 3.63) is 18.2 Å². The van der Waals surface area contributed by atoms with Crippen LogP contribution >= 0.6 is 0 Å². The Morgan fingerprint density at radius 1 is 1.75 bits per heavy atom. The summed E-state index contributed by atoms with van der Waals surface area (Å²) < 4.78 is 2.07. The lowest BCUT2D eigenvalue weighted by molar-refractivity contribution is -0.120. The summed E-state index contributed by atoms with van der Waals surface area (Å²) in [5.74, 6) is 0.0685. The minimum absolute atomic E-state index is 0.0685. The Morgan fingerprint density at radius 3 is 3.31 bits per heavy atom. The zero-order valence-corrected chi connectivity index (χ0v) is 9.57. The van der Waals surface area contributed by atoms with Gasteiger partial charge in [0.15, 0.2) is 0 Å². The minimum Gasteiger partial charge on any atom is -0.359 e. The molecular weight excluding hydrogens is 204 g/mol. The van der Waals surface area contributed by atoms with Crippen molar-refractivity contribution < 1.29 is 4.79 Å². The lowest BCUT2D eigenvalue weighted by Crippen LogP contribution is -2.21. The molecule has 0 saturated carbocycles. The van der Waals surface area contributed by atoms with Crippen molar-refractivity contribution in [2.45, 2.75) is 31.8 Å². The van der Waals surface area contributed by atoms with E-state index >= 15 is 0 Å². The summed E-state index contributed by atoms with van der Waals surface area (Å²) in [5, 5.41) is 6.07. The largest absolute Gasteiger partial charge is 0.359 e. The van der Waals surface area contributed by atoms with Gasteiger partial charge < -0.3 is 15.2 Å². The second kappa shape index (κ2) is 5.12. The van der Waals surface area contributed by atoms with Crippen LogP contribution in [0.1, 0.15) is 31.0 Å². The summed E-state index contributed by atoms with van der Waals surface area (Å²) in [4.78, 5) is 15.3. The van der Waals surface area contributed by atoms with E-state index in [9.17, 15) is 4.79 Å². The van der Waals surface area contributed by atoms with Gasteiger partial charge in [0.2, 0.25) is 5.91 Å². The summed E-state index contributed by atoms with van der Waals surface area (Å²) in [6.45, 7) is 1.78. The molecule has 16 heavy (non-hydrogen) atoms. The normalized spacial score (nSPS) is 19.9. The van der Waals surface area contributed by atoms with E-state index in [0.717, 1.165) is 13.0 Å². The maximum Gasteiger partial charge on any atom is 0.221 e. The first-order valence-electron chi connectivity index (χ1n) is 5.75. The summed E-state index contributed by atoms with van der Waals surface area (Å²) in [6.07, 6.45) is 6.58. The van der Waals surface area contributed by atoms with Gasteiger partial charge in [-0.05, 0) is 19.4 Å². The van der Waals surface area contributed by atoms with Gasteiger partial charge in [-0.15, -0.1) is 0 Å². The number of amides is 1. The number of carbonyl (C=O) groups is 1. The number of carbonyl (C=O) groups excluding carboxylic acids is 1. The van der Waals surface area contributed by atoms with E-state index in [0.29, 0.717) is 19.0 Å². The molecule has 1 aliphatic heterocycles. The highest BCUT2D eigenvalue weighted by atomic mass is 16.1. The molecule has 1 atom stereocenters. The van der Waals surface area contributed by atoms with Crippen molar-refractivity contribution >= 4 is 5.91 Å². The molecule has 2 heterocycles. The molecule has 0 aliphatic carbocycles. The molecule has 0 radical (unpaired) electrons. The third-order valence-corrected chi connectivity index (χ3v) is 3.02. The standard InChI is InChI=1S/C11H18N4O/c1-12-11(16)4-6-15-8-13-7-10(15)9-3-2-5-14-9/h7-9,14H,2-6H2,1H3,(H,12,16). The summed E-state index contributed by atoms with van der Waals surface area (Å²) in [7, 11) is 1.66. The second-order valence-corrected chi connectivity index (χ2v) is 4.08. The first kappa shape index (κ1) is 11.1. The molecule has 2 rings (SSSR count). The van der Waals surface area contributed by atoms with Gasteiger partial charge in [-0.3, -0.25) is 4.79 Å². The molecule has 1 fully saturated rings. The van der Waals surface area contributed by atoms with Crippen LogP contribution in [-0.4, -0.2) is 29.1 Å². The maximum atomic E-state index is 11.2. The molecular formula is C11H18N4O. The van der Waals surface area contributed by atoms with Crippen LogP contribution in [0, 0.1) is 0 Å². The lowest BCUT2D eigenvalue weighted by Gasteiger charge is -2.13. The van der Waals surface area contributed by atoms with Crippen molar-refractivity contribution in [1.82, 2.24) is 20.2 Å². The number of hydrogen-bond acceptors (Lipinski definition) is 3. The van der Waals surface area contributed by atoms with E-state index in [1.165, 1.54) is 12.1 Å². The number of nitrogens with one attached hydrogen (secondary N) is 2. The van der Waals surface area contributed by atoms with Gasteiger partial charge in [-0.2, -0.15) is 0 Å². The Morgan fingerprint density at radius 2 is 2.62 bits per heavy atom. The first-order chi connectivity index (χ1) is 7.81. The molecule has 5 heteroatoms. The highest BCUT2D eigenvalue weighted by molar-refractivity contribution is 5.75. The van der Waals surface area contributed by atoms with Crippen molar-refractivity contribution in [3.63, 3.8) is 0 Å². The van der Waals surface area contributed by atoms with Crippen LogP contribution in [-0.2, 0) is 11.3 Å². The average Bonchev–Trinajstić information content (AvgIpc) is 2.95. The molecule has 2 N–H and O–H groups in total. The SMILES string of the molecule is CNC(=O)CCn1cncc1C1CCCN1. The van der Waals surface area contributed by atoms with Crippen molar-refractivity contribution in [3.8, 4) is 0 Å². The molecule has 5 nitrogen and oxygen atoms in total. The summed E-state index contributed by atoms with van der Waals surface area (Å²) in [6, 6.07) is 0.409. The fourth-order valence-electron chi connectivity index (χ4n) is 2.09. The monoisotopic (exact) mass is 222 g/mol. The van der Waals surface area contributed by atoms with Gasteiger partial charge in [-0.25, -0.2) is 4.98 Å². The topological polar surface area (TPSA) is 59.0 Å². The van der Waals surface area contributed by atoms with Gasteiger partial charge in [0.05, 0.1) is 12.0 Å². The van der Waals surface area contributed by atoms with E-state index in [-0.39, 0.29) is 5.91 Å².